The van der Waals surface area contributed by atoms with Gasteiger partial charge in [-0.25, -0.2) is 9.59 Å². The van der Waals surface area contributed by atoms with Crippen LogP contribution in [0, 0.1) is 0 Å². The number of hydrogen-bond acceptors (Lipinski definition) is 8. The Bertz CT molecular complexity index is 774. The molecule has 0 aromatic heterocycles. The van der Waals surface area contributed by atoms with E-state index >= 15 is 0 Å². The summed E-state index contributed by atoms with van der Waals surface area (Å²) in [5, 5.41) is 24.3. The second kappa shape index (κ2) is 13.3. The summed E-state index contributed by atoms with van der Waals surface area (Å²) in [6, 6.07) is -3.15. The molecule has 13 nitrogen and oxygen atoms in total. The Morgan fingerprint density at radius 1 is 0.857 bits per heavy atom. The highest BCUT2D eigenvalue weighted by Gasteiger charge is 2.41. The number of aliphatic carboxylic acids is 2. The molecule has 0 aromatic rings. The number of rotatable bonds is 12. The van der Waals surface area contributed by atoms with E-state index in [9.17, 15) is 39.0 Å². The zero-order valence-corrected chi connectivity index (χ0v) is 20.5. The third-order valence-electron chi connectivity index (χ3n) is 5.88. The van der Waals surface area contributed by atoms with Crippen LogP contribution in [0.1, 0.15) is 32.1 Å². The van der Waals surface area contributed by atoms with Crippen LogP contribution in [0.25, 0.3) is 0 Å². The third-order valence-corrected chi connectivity index (χ3v) is 6.43. The van der Waals surface area contributed by atoms with Gasteiger partial charge in [-0.3, -0.25) is 19.2 Å². The monoisotopic (exact) mass is 516 g/mol. The summed E-state index contributed by atoms with van der Waals surface area (Å²) in [5.41, 5.74) is 0. The minimum Gasteiger partial charge on any atom is -0.480 e. The van der Waals surface area contributed by atoms with Crippen LogP contribution in [0.2, 0.25) is 0 Å². The normalized spacial score (nSPS) is 23.7. The van der Waals surface area contributed by atoms with E-state index in [2.05, 4.69) is 10.6 Å². The van der Waals surface area contributed by atoms with Crippen LogP contribution in [0.15, 0.2) is 0 Å². The quantitative estimate of drug-likeness (QED) is 0.238. The Labute approximate surface area is 206 Å². The van der Waals surface area contributed by atoms with Crippen molar-refractivity contribution in [2.45, 2.75) is 56.3 Å². The highest BCUT2D eigenvalue weighted by molar-refractivity contribution is 7.99. The van der Waals surface area contributed by atoms with Gasteiger partial charge in [-0.2, -0.15) is 11.8 Å². The zero-order chi connectivity index (χ0) is 26.1. The maximum Gasteiger partial charge on any atom is 0.326 e. The molecule has 2 rings (SSSR count). The van der Waals surface area contributed by atoms with Crippen molar-refractivity contribution in [3.05, 3.63) is 0 Å². The van der Waals surface area contributed by atoms with Gasteiger partial charge in [-0.05, 0) is 12.7 Å². The van der Waals surface area contributed by atoms with Crippen LogP contribution >= 0.6 is 11.8 Å². The summed E-state index contributed by atoms with van der Waals surface area (Å²) in [7, 11) is 1.36. The van der Waals surface area contributed by atoms with Crippen LogP contribution < -0.4 is 10.6 Å². The van der Waals surface area contributed by atoms with E-state index in [-0.39, 0.29) is 63.5 Å². The molecule has 196 valence electrons. The first-order chi connectivity index (χ1) is 16.6. The smallest absolute Gasteiger partial charge is 0.326 e. The summed E-state index contributed by atoms with van der Waals surface area (Å²) in [6.07, 6.45) is 1.84. The predicted molar refractivity (Wildman–Crippen MR) is 123 cm³/mol. The van der Waals surface area contributed by atoms with Gasteiger partial charge in [0.05, 0.1) is 5.75 Å². The second-order valence-corrected chi connectivity index (χ2v) is 9.39. The van der Waals surface area contributed by atoms with Gasteiger partial charge in [0, 0.05) is 58.0 Å². The van der Waals surface area contributed by atoms with E-state index in [0.717, 1.165) is 0 Å². The Balaban J connectivity index is 1.89. The van der Waals surface area contributed by atoms with E-state index in [4.69, 9.17) is 4.74 Å². The molecule has 0 saturated carbocycles. The van der Waals surface area contributed by atoms with Crippen LogP contribution in [-0.2, 0) is 33.5 Å². The number of carboxylic acids is 2. The molecule has 2 aliphatic heterocycles. The van der Waals surface area contributed by atoms with Crippen molar-refractivity contribution in [3.8, 4) is 0 Å². The number of carbonyl (C=O) groups is 6. The second-order valence-electron chi connectivity index (χ2n) is 8.52. The molecule has 2 heterocycles. The average Bonchev–Trinajstić information content (AvgIpc) is 3.38. The van der Waals surface area contributed by atoms with Crippen LogP contribution in [0.3, 0.4) is 0 Å². The molecule has 2 fully saturated rings. The number of nitrogens with one attached hydrogen (secondary N) is 2. The number of hydrogen-bond donors (Lipinski definition) is 4. The maximum atomic E-state index is 12.7. The number of thioether (sulfide) groups is 1. The fourth-order valence-corrected chi connectivity index (χ4v) is 4.72. The number of carboxylic acid groups (broad SMARTS) is 2. The Kier molecular flexibility index (Phi) is 10.8. The van der Waals surface area contributed by atoms with Crippen LogP contribution in [0.5, 0.6) is 0 Å². The first-order valence-electron chi connectivity index (χ1n) is 11.2. The fraction of sp³-hybridized carbons (Fsp3) is 0.714. The number of methoxy groups -OCH3 is 1. The van der Waals surface area contributed by atoms with Crippen molar-refractivity contribution in [1.29, 1.82) is 0 Å². The lowest BCUT2D eigenvalue weighted by Crippen LogP contribution is -2.42. The molecular formula is C21H32N4O9S. The first-order valence-corrected chi connectivity index (χ1v) is 12.6. The Morgan fingerprint density at radius 2 is 1.31 bits per heavy atom. The van der Waals surface area contributed by atoms with Crippen molar-refractivity contribution < 1.29 is 43.7 Å². The largest absolute Gasteiger partial charge is 0.480 e. The van der Waals surface area contributed by atoms with E-state index in [1.165, 1.54) is 28.7 Å². The molecule has 2 aliphatic rings. The van der Waals surface area contributed by atoms with Gasteiger partial charge in [0.15, 0.2) is 0 Å². The zero-order valence-electron chi connectivity index (χ0n) is 19.7. The molecule has 0 spiro atoms. The highest BCUT2D eigenvalue weighted by atomic mass is 32.2. The molecule has 2 saturated heterocycles. The van der Waals surface area contributed by atoms with Crippen LogP contribution in [0.4, 0.5) is 0 Å². The molecule has 0 radical (unpaired) electrons. The molecule has 4 atom stereocenters. The lowest BCUT2D eigenvalue weighted by atomic mass is 10.1. The lowest BCUT2D eigenvalue weighted by molar-refractivity contribution is -0.149. The molecule has 4 unspecified atom stereocenters. The van der Waals surface area contributed by atoms with E-state index in [1.807, 2.05) is 0 Å². The maximum absolute atomic E-state index is 12.7. The molecule has 0 aliphatic carbocycles. The van der Waals surface area contributed by atoms with Gasteiger partial charge >= 0.3 is 11.9 Å². The Morgan fingerprint density at radius 3 is 1.71 bits per heavy atom. The lowest BCUT2D eigenvalue weighted by Gasteiger charge is -2.23. The summed E-state index contributed by atoms with van der Waals surface area (Å²) < 4.78 is 4.74. The molecule has 14 heteroatoms. The molecule has 4 N–H and O–H groups in total. The minimum atomic E-state index is -1.19. The van der Waals surface area contributed by atoms with Gasteiger partial charge in [0.25, 0.3) is 0 Å². The van der Waals surface area contributed by atoms with Gasteiger partial charge in [0.1, 0.15) is 18.7 Å². The summed E-state index contributed by atoms with van der Waals surface area (Å²) in [4.78, 5) is 74.5. The van der Waals surface area contributed by atoms with Crippen molar-refractivity contribution in [3.63, 3.8) is 0 Å². The van der Waals surface area contributed by atoms with Gasteiger partial charge in [-0.15, -0.1) is 0 Å². The van der Waals surface area contributed by atoms with Gasteiger partial charge in [0.2, 0.25) is 23.6 Å². The van der Waals surface area contributed by atoms with E-state index < -0.39 is 53.8 Å². The fourth-order valence-electron chi connectivity index (χ4n) is 4.38. The van der Waals surface area contributed by atoms with Crippen molar-refractivity contribution in [1.82, 2.24) is 20.4 Å². The van der Waals surface area contributed by atoms with Crippen molar-refractivity contribution in [2.75, 3.05) is 38.8 Å². The predicted octanol–water partition coefficient (Wildman–Crippen LogP) is -1.49. The number of amides is 4. The molecule has 0 bridgehead atoms. The topological polar surface area (TPSA) is 183 Å². The number of nitrogens with zero attached hydrogens (tertiary/aromatic N) is 2. The summed E-state index contributed by atoms with van der Waals surface area (Å²) >= 11 is 1.33. The number of likely N-dealkylation sites (tertiary alicyclic amines) is 2. The summed E-state index contributed by atoms with van der Waals surface area (Å²) in [6.45, 7) is -0.0794. The third kappa shape index (κ3) is 8.09. The summed E-state index contributed by atoms with van der Waals surface area (Å²) in [5.74, 6) is -3.69. The van der Waals surface area contributed by atoms with E-state index in [1.54, 1.807) is 6.26 Å². The number of carbonyl (C=O) groups excluding carboxylic acids is 4. The minimum absolute atomic E-state index is 0.0316. The molecule has 4 amide bonds. The molecule has 0 aromatic carbocycles. The highest BCUT2D eigenvalue weighted by Crippen LogP contribution is 2.22. The van der Waals surface area contributed by atoms with Crippen LogP contribution in [-0.4, -0.2) is 119 Å². The molecular weight excluding hydrogens is 484 g/mol. The van der Waals surface area contributed by atoms with Gasteiger partial charge < -0.3 is 35.4 Å². The average molecular weight is 517 g/mol. The standard InChI is InChI=1S/C21H32N4O9S/c1-34-10-16(26)22-12-6-14(20(30)31)24(8-12)18(28)4-3-5-19(29)25-9-13(7-15(25)21(32)33)23-17(27)11-35-2/h12-15H,3-11H2,1-2H3,(H,22,26)(H,23,27)(H,30,31)(H,32,33). The van der Waals surface area contributed by atoms with Crippen molar-refractivity contribution >= 4 is 47.3 Å². The SMILES string of the molecule is COCC(=O)NC1CC(C(=O)O)N(C(=O)CCCC(=O)N2CC(NC(=O)CSC)CC2C(=O)O)C1. The Hall–Kier alpha value is -2.87. The first kappa shape index (κ1) is 28.4. The van der Waals surface area contributed by atoms with E-state index in [0.29, 0.717) is 0 Å². The number of ether oxygens (including phenoxy) is 1. The van der Waals surface area contributed by atoms with Gasteiger partial charge in [-0.1, -0.05) is 0 Å². The molecule has 35 heavy (non-hydrogen) atoms. The van der Waals surface area contributed by atoms with Crippen molar-refractivity contribution in [2.24, 2.45) is 0 Å².